The first-order valence-electron chi connectivity index (χ1n) is 9.81. The van der Waals surface area contributed by atoms with Crippen LogP contribution in [0.4, 0.5) is 5.69 Å². The van der Waals surface area contributed by atoms with Gasteiger partial charge in [0.2, 0.25) is 10.0 Å². The molecule has 0 saturated carbocycles. The lowest BCUT2D eigenvalue weighted by molar-refractivity contribution is 0.0984. The molecule has 28 heavy (non-hydrogen) atoms. The molecule has 0 saturated heterocycles. The largest absolute Gasteiger partial charge is 0.308 e. The normalized spacial score (nSPS) is 14.2. The molecule has 1 amide bonds. The Labute approximate surface area is 168 Å². The van der Waals surface area contributed by atoms with Gasteiger partial charge >= 0.3 is 0 Å². The maximum absolute atomic E-state index is 13.4. The van der Waals surface area contributed by atoms with Gasteiger partial charge in [-0.3, -0.25) is 4.79 Å². The van der Waals surface area contributed by atoms with E-state index in [4.69, 9.17) is 0 Å². The van der Waals surface area contributed by atoms with E-state index >= 15 is 0 Å². The number of sulfonamides is 1. The van der Waals surface area contributed by atoms with Crippen molar-refractivity contribution in [2.45, 2.75) is 45.4 Å². The van der Waals surface area contributed by atoms with Gasteiger partial charge in [0.25, 0.3) is 5.91 Å². The van der Waals surface area contributed by atoms with Gasteiger partial charge in [0.15, 0.2) is 0 Å². The molecule has 0 aromatic heterocycles. The van der Waals surface area contributed by atoms with E-state index in [1.807, 2.05) is 39.8 Å². The Hall–Kier alpha value is -2.18. The Balaban J connectivity index is 2.02. The Morgan fingerprint density at radius 1 is 1.07 bits per heavy atom. The molecule has 0 spiro atoms. The van der Waals surface area contributed by atoms with Crippen LogP contribution in [0.25, 0.3) is 0 Å². The van der Waals surface area contributed by atoms with E-state index in [1.165, 1.54) is 21.5 Å². The first kappa shape index (κ1) is 20.6. The Morgan fingerprint density at radius 2 is 1.79 bits per heavy atom. The first-order valence-corrected chi connectivity index (χ1v) is 11.3. The zero-order valence-corrected chi connectivity index (χ0v) is 17.8. The van der Waals surface area contributed by atoms with Crippen LogP contribution in [0.15, 0.2) is 41.3 Å². The lowest BCUT2D eigenvalue weighted by atomic mass is 9.98. The average molecular weight is 401 g/mol. The van der Waals surface area contributed by atoms with E-state index in [-0.39, 0.29) is 10.8 Å². The fraction of sp³-hybridized carbons (Fsp3) is 0.409. The van der Waals surface area contributed by atoms with Gasteiger partial charge in [0.05, 0.1) is 4.90 Å². The van der Waals surface area contributed by atoms with Crippen LogP contribution in [0.1, 0.15) is 47.3 Å². The average Bonchev–Trinajstić information content (AvgIpc) is 2.67. The summed E-state index contributed by atoms with van der Waals surface area (Å²) in [5.41, 5.74) is 4.50. The molecule has 0 N–H and O–H groups in total. The molecule has 0 bridgehead atoms. The molecule has 2 aromatic rings. The molecule has 0 aliphatic carbocycles. The number of fused-ring (bicyclic) bond motifs is 1. The molecule has 3 rings (SSSR count). The fourth-order valence-corrected chi connectivity index (χ4v) is 5.27. The van der Waals surface area contributed by atoms with Gasteiger partial charge in [-0.25, -0.2) is 8.42 Å². The van der Waals surface area contributed by atoms with Crippen molar-refractivity contribution in [1.82, 2.24) is 4.31 Å². The second kappa shape index (κ2) is 8.05. The molecule has 2 aromatic carbocycles. The van der Waals surface area contributed by atoms with E-state index in [1.54, 1.807) is 17.0 Å². The van der Waals surface area contributed by atoms with Crippen molar-refractivity contribution in [3.8, 4) is 0 Å². The third-order valence-electron chi connectivity index (χ3n) is 5.38. The number of hydrogen-bond donors (Lipinski definition) is 0. The molecule has 150 valence electrons. The predicted molar refractivity (Wildman–Crippen MR) is 112 cm³/mol. The molecule has 0 radical (unpaired) electrons. The number of hydrogen-bond acceptors (Lipinski definition) is 3. The summed E-state index contributed by atoms with van der Waals surface area (Å²) in [4.78, 5) is 15.3. The van der Waals surface area contributed by atoms with Crippen LogP contribution in [-0.4, -0.2) is 38.3 Å². The number of nitrogens with zero attached hydrogens (tertiary/aromatic N) is 2. The highest BCUT2D eigenvalue weighted by Gasteiger charge is 2.27. The van der Waals surface area contributed by atoms with Crippen molar-refractivity contribution in [3.63, 3.8) is 0 Å². The second-order valence-corrected chi connectivity index (χ2v) is 9.20. The second-order valence-electron chi connectivity index (χ2n) is 7.26. The molecule has 0 atom stereocenters. The minimum atomic E-state index is -3.61. The summed E-state index contributed by atoms with van der Waals surface area (Å²) in [6.07, 6.45) is 1.86. The maximum Gasteiger partial charge on any atom is 0.258 e. The van der Waals surface area contributed by atoms with Crippen molar-refractivity contribution >= 4 is 21.6 Å². The number of carbonyl (C=O) groups excluding carboxylic acids is 1. The van der Waals surface area contributed by atoms with Crippen LogP contribution >= 0.6 is 0 Å². The molecule has 0 unspecified atom stereocenters. The maximum atomic E-state index is 13.4. The number of benzene rings is 2. The van der Waals surface area contributed by atoms with E-state index < -0.39 is 10.0 Å². The smallest absolute Gasteiger partial charge is 0.258 e. The van der Waals surface area contributed by atoms with Crippen LogP contribution in [0, 0.1) is 13.8 Å². The molecular formula is C22H28N2O3S. The summed E-state index contributed by atoms with van der Waals surface area (Å²) in [5, 5.41) is 0. The van der Waals surface area contributed by atoms with Gasteiger partial charge < -0.3 is 4.90 Å². The molecule has 1 aliphatic rings. The highest BCUT2D eigenvalue weighted by Crippen LogP contribution is 2.30. The lowest BCUT2D eigenvalue weighted by Crippen LogP contribution is -2.36. The van der Waals surface area contributed by atoms with E-state index in [0.29, 0.717) is 25.2 Å². The number of carbonyl (C=O) groups is 1. The van der Waals surface area contributed by atoms with Gasteiger partial charge in [0.1, 0.15) is 0 Å². The van der Waals surface area contributed by atoms with Gasteiger partial charge in [-0.05, 0) is 56.0 Å². The highest BCUT2D eigenvalue weighted by molar-refractivity contribution is 7.89. The van der Waals surface area contributed by atoms with Gasteiger partial charge in [-0.15, -0.1) is 0 Å². The Bertz CT molecular complexity index is 995. The van der Waals surface area contributed by atoms with Crippen LogP contribution in [0.2, 0.25) is 0 Å². The minimum absolute atomic E-state index is 0.140. The molecular weight excluding hydrogens is 372 g/mol. The summed E-state index contributed by atoms with van der Waals surface area (Å²) in [6.45, 7) is 8.96. The van der Waals surface area contributed by atoms with Crippen molar-refractivity contribution in [2.75, 3.05) is 24.5 Å². The van der Waals surface area contributed by atoms with Gasteiger partial charge in [-0.1, -0.05) is 37.6 Å². The summed E-state index contributed by atoms with van der Waals surface area (Å²) in [6, 6.07) is 11.0. The summed E-state index contributed by atoms with van der Waals surface area (Å²) in [5.74, 6) is -0.140. The van der Waals surface area contributed by atoms with Crippen LogP contribution < -0.4 is 4.90 Å². The first-order chi connectivity index (χ1) is 13.3. The highest BCUT2D eigenvalue weighted by atomic mass is 32.2. The van der Waals surface area contributed by atoms with Crippen molar-refractivity contribution in [2.24, 2.45) is 0 Å². The third-order valence-corrected chi connectivity index (χ3v) is 7.43. The summed E-state index contributed by atoms with van der Waals surface area (Å²) in [7, 11) is -3.61. The van der Waals surface area contributed by atoms with E-state index in [9.17, 15) is 13.2 Å². The van der Waals surface area contributed by atoms with Crippen molar-refractivity contribution in [1.29, 1.82) is 0 Å². The third kappa shape index (κ3) is 3.71. The van der Waals surface area contributed by atoms with Crippen molar-refractivity contribution < 1.29 is 13.2 Å². The SMILES string of the molecule is CCN(CC)S(=O)(=O)c1ccc(C)c(C(=O)N2CCCc3cc(C)ccc32)c1. The molecule has 5 nitrogen and oxygen atoms in total. The van der Waals surface area contributed by atoms with E-state index in [2.05, 4.69) is 6.07 Å². The van der Waals surface area contributed by atoms with Gasteiger partial charge in [0, 0.05) is 30.9 Å². The van der Waals surface area contributed by atoms with Crippen molar-refractivity contribution in [3.05, 3.63) is 58.7 Å². The fourth-order valence-electron chi connectivity index (χ4n) is 3.79. The minimum Gasteiger partial charge on any atom is -0.308 e. The standard InChI is InChI=1S/C22H28N2O3S/c1-5-23(6-2)28(26,27)19-11-10-17(4)20(15-19)22(25)24-13-7-8-18-14-16(3)9-12-21(18)24/h9-12,14-15H,5-8,13H2,1-4H3. The van der Waals surface area contributed by atoms with E-state index in [0.717, 1.165) is 24.1 Å². The zero-order chi connectivity index (χ0) is 20.5. The summed E-state index contributed by atoms with van der Waals surface area (Å²) < 4.78 is 27.2. The zero-order valence-electron chi connectivity index (χ0n) is 17.0. The van der Waals surface area contributed by atoms with Crippen LogP contribution in [0.5, 0.6) is 0 Å². The Morgan fingerprint density at radius 3 is 2.46 bits per heavy atom. The Kier molecular flexibility index (Phi) is 5.91. The molecule has 6 heteroatoms. The van der Waals surface area contributed by atoms with Crippen LogP contribution in [0.3, 0.4) is 0 Å². The number of aryl methyl sites for hydroxylation is 3. The number of rotatable bonds is 5. The summed E-state index contributed by atoms with van der Waals surface area (Å²) >= 11 is 0. The van der Waals surface area contributed by atoms with Gasteiger partial charge in [-0.2, -0.15) is 4.31 Å². The molecule has 0 fully saturated rings. The lowest BCUT2D eigenvalue weighted by Gasteiger charge is -2.30. The number of anilines is 1. The number of amides is 1. The molecule has 1 aliphatic heterocycles. The predicted octanol–water partition coefficient (Wildman–Crippen LogP) is 3.93. The van der Waals surface area contributed by atoms with Crippen LogP contribution in [-0.2, 0) is 16.4 Å². The monoisotopic (exact) mass is 400 g/mol. The topological polar surface area (TPSA) is 57.7 Å². The molecule has 1 heterocycles. The quantitative estimate of drug-likeness (QED) is 0.764.